The van der Waals surface area contributed by atoms with E-state index in [0.29, 0.717) is 34.9 Å². The Balaban J connectivity index is 2.09. The zero-order valence-electron chi connectivity index (χ0n) is 13.1. The van der Waals surface area contributed by atoms with Gasteiger partial charge in [-0.1, -0.05) is 6.07 Å². The largest absolute Gasteiger partial charge is 0.481 e. The maximum Gasteiger partial charge on any atom is 0.268 e. The number of hydrogen-bond donors (Lipinski definition) is 2. The second-order valence-electron chi connectivity index (χ2n) is 5.07. The molecular formula is C16H19N3O3. The third kappa shape index (κ3) is 3.16. The van der Waals surface area contributed by atoms with Crippen molar-refractivity contribution in [2.75, 3.05) is 7.11 Å². The third-order valence-electron chi connectivity index (χ3n) is 3.48. The highest BCUT2D eigenvalue weighted by Gasteiger charge is 2.19. The summed E-state index contributed by atoms with van der Waals surface area (Å²) in [4.78, 5) is 30.9. The van der Waals surface area contributed by atoms with Crippen LogP contribution >= 0.6 is 0 Å². The SMILES string of the molecule is COc1ccc(CNC(=O)c2[nH]c(C)c(C(C)=O)c2C)cn1. The van der Waals surface area contributed by atoms with Crippen molar-refractivity contribution in [2.45, 2.75) is 27.3 Å². The molecule has 0 saturated heterocycles. The molecule has 6 heteroatoms. The molecule has 2 heterocycles. The number of nitrogens with one attached hydrogen (secondary N) is 2. The number of pyridine rings is 1. The van der Waals surface area contributed by atoms with Crippen LogP contribution in [0.15, 0.2) is 18.3 Å². The van der Waals surface area contributed by atoms with E-state index in [1.165, 1.54) is 6.92 Å². The van der Waals surface area contributed by atoms with Gasteiger partial charge in [-0.3, -0.25) is 9.59 Å². The van der Waals surface area contributed by atoms with Crippen LogP contribution in [0.1, 0.15) is 44.6 Å². The second-order valence-corrected chi connectivity index (χ2v) is 5.07. The summed E-state index contributed by atoms with van der Waals surface area (Å²) >= 11 is 0. The number of amides is 1. The molecule has 2 rings (SSSR count). The van der Waals surface area contributed by atoms with E-state index in [0.717, 1.165) is 5.56 Å². The molecular weight excluding hydrogens is 282 g/mol. The van der Waals surface area contributed by atoms with E-state index in [9.17, 15) is 9.59 Å². The lowest BCUT2D eigenvalue weighted by Crippen LogP contribution is -2.24. The summed E-state index contributed by atoms with van der Waals surface area (Å²) in [7, 11) is 1.55. The van der Waals surface area contributed by atoms with Gasteiger partial charge < -0.3 is 15.0 Å². The number of carbonyl (C=O) groups is 2. The Bertz CT molecular complexity index is 702. The minimum Gasteiger partial charge on any atom is -0.481 e. The highest BCUT2D eigenvalue weighted by molar-refractivity contribution is 6.02. The summed E-state index contributed by atoms with van der Waals surface area (Å²) in [5, 5.41) is 2.81. The Kier molecular flexibility index (Phi) is 4.60. The van der Waals surface area contributed by atoms with E-state index in [1.54, 1.807) is 33.2 Å². The summed E-state index contributed by atoms with van der Waals surface area (Å²) in [6.07, 6.45) is 1.65. The molecule has 0 aromatic carbocycles. The Morgan fingerprint density at radius 1 is 1.32 bits per heavy atom. The number of rotatable bonds is 5. The minimum atomic E-state index is -0.246. The molecule has 6 nitrogen and oxygen atoms in total. The number of nitrogens with zero attached hydrogens (tertiary/aromatic N) is 1. The maximum absolute atomic E-state index is 12.3. The number of aromatic nitrogens is 2. The Morgan fingerprint density at radius 2 is 2.05 bits per heavy atom. The molecule has 2 aromatic heterocycles. The van der Waals surface area contributed by atoms with Gasteiger partial charge in [-0.05, 0) is 31.9 Å². The monoisotopic (exact) mass is 301 g/mol. The number of methoxy groups -OCH3 is 1. The average Bonchev–Trinajstić information content (AvgIpc) is 2.80. The smallest absolute Gasteiger partial charge is 0.268 e. The van der Waals surface area contributed by atoms with Gasteiger partial charge in [0.1, 0.15) is 5.69 Å². The van der Waals surface area contributed by atoms with Crippen molar-refractivity contribution in [1.82, 2.24) is 15.3 Å². The van der Waals surface area contributed by atoms with Crippen LogP contribution in [0, 0.1) is 13.8 Å². The van der Waals surface area contributed by atoms with Crippen molar-refractivity contribution < 1.29 is 14.3 Å². The molecule has 2 N–H and O–H groups in total. The number of carbonyl (C=O) groups excluding carboxylic acids is 2. The van der Waals surface area contributed by atoms with Crippen LogP contribution in [-0.4, -0.2) is 28.8 Å². The highest BCUT2D eigenvalue weighted by atomic mass is 16.5. The number of Topliss-reactive ketones (excluding diaryl/α,β-unsaturated/α-hetero) is 1. The van der Waals surface area contributed by atoms with Gasteiger partial charge in [0.05, 0.1) is 7.11 Å². The minimum absolute atomic E-state index is 0.0512. The summed E-state index contributed by atoms with van der Waals surface area (Å²) in [5.41, 5.74) is 3.25. The van der Waals surface area contributed by atoms with Crippen molar-refractivity contribution in [3.63, 3.8) is 0 Å². The standard InChI is InChI=1S/C16H19N3O3/c1-9-14(11(3)20)10(2)19-15(9)16(21)18-8-12-5-6-13(22-4)17-7-12/h5-7,19H,8H2,1-4H3,(H,18,21). The lowest BCUT2D eigenvalue weighted by atomic mass is 10.1. The molecule has 1 amide bonds. The predicted octanol–water partition coefficient (Wildman–Crippen LogP) is 2.17. The van der Waals surface area contributed by atoms with E-state index in [4.69, 9.17) is 4.74 Å². The highest BCUT2D eigenvalue weighted by Crippen LogP contribution is 2.18. The first kappa shape index (κ1) is 15.8. The molecule has 22 heavy (non-hydrogen) atoms. The first-order valence-corrected chi connectivity index (χ1v) is 6.91. The molecule has 0 aliphatic heterocycles. The van der Waals surface area contributed by atoms with Crippen LogP contribution in [0.2, 0.25) is 0 Å². The molecule has 0 atom stereocenters. The van der Waals surface area contributed by atoms with Gasteiger partial charge >= 0.3 is 0 Å². The van der Waals surface area contributed by atoms with Crippen LogP contribution in [0.4, 0.5) is 0 Å². The van der Waals surface area contributed by atoms with Gasteiger partial charge in [0.2, 0.25) is 5.88 Å². The number of ketones is 1. The number of H-pyrrole nitrogens is 1. The summed E-state index contributed by atoms with van der Waals surface area (Å²) in [6.45, 7) is 5.40. The van der Waals surface area contributed by atoms with Gasteiger partial charge in [-0.2, -0.15) is 0 Å². The Morgan fingerprint density at radius 3 is 2.55 bits per heavy atom. The van der Waals surface area contributed by atoms with Crippen molar-refractivity contribution in [2.24, 2.45) is 0 Å². The van der Waals surface area contributed by atoms with Gasteiger partial charge in [0.25, 0.3) is 5.91 Å². The maximum atomic E-state index is 12.3. The fourth-order valence-corrected chi connectivity index (χ4v) is 2.41. The molecule has 0 fully saturated rings. The summed E-state index contributed by atoms with van der Waals surface area (Å²) in [5.74, 6) is 0.227. The van der Waals surface area contributed by atoms with E-state index in [-0.39, 0.29) is 11.7 Å². The van der Waals surface area contributed by atoms with Crippen LogP contribution in [0.25, 0.3) is 0 Å². The van der Waals surface area contributed by atoms with E-state index >= 15 is 0 Å². The van der Waals surface area contributed by atoms with E-state index in [1.807, 2.05) is 6.07 Å². The van der Waals surface area contributed by atoms with Gasteiger partial charge in [-0.15, -0.1) is 0 Å². The zero-order chi connectivity index (χ0) is 16.3. The lowest BCUT2D eigenvalue weighted by Gasteiger charge is -2.06. The first-order chi connectivity index (χ1) is 10.4. The van der Waals surface area contributed by atoms with Crippen LogP contribution < -0.4 is 10.1 Å². The fraction of sp³-hybridized carbons (Fsp3) is 0.312. The van der Waals surface area contributed by atoms with Crippen molar-refractivity contribution in [3.8, 4) is 5.88 Å². The molecule has 0 aliphatic rings. The van der Waals surface area contributed by atoms with Crippen LogP contribution in [0.3, 0.4) is 0 Å². The van der Waals surface area contributed by atoms with Crippen LogP contribution in [0.5, 0.6) is 5.88 Å². The molecule has 0 unspecified atom stereocenters. The summed E-state index contributed by atoms with van der Waals surface area (Å²) in [6, 6.07) is 3.57. The van der Waals surface area contributed by atoms with Crippen molar-refractivity contribution in [3.05, 3.63) is 46.4 Å². The quantitative estimate of drug-likeness (QED) is 0.829. The molecule has 0 aliphatic carbocycles. The molecule has 116 valence electrons. The summed E-state index contributed by atoms with van der Waals surface area (Å²) < 4.78 is 4.98. The van der Waals surface area contributed by atoms with E-state index in [2.05, 4.69) is 15.3 Å². The second kappa shape index (κ2) is 6.43. The molecule has 2 aromatic rings. The normalized spacial score (nSPS) is 10.4. The first-order valence-electron chi connectivity index (χ1n) is 6.91. The lowest BCUT2D eigenvalue weighted by molar-refractivity contribution is 0.0945. The number of aryl methyl sites for hydroxylation is 1. The van der Waals surface area contributed by atoms with Crippen LogP contribution in [-0.2, 0) is 6.54 Å². The number of aromatic amines is 1. The fourth-order valence-electron chi connectivity index (χ4n) is 2.41. The third-order valence-corrected chi connectivity index (χ3v) is 3.48. The van der Waals surface area contributed by atoms with Crippen molar-refractivity contribution >= 4 is 11.7 Å². The molecule has 0 saturated carbocycles. The van der Waals surface area contributed by atoms with Gasteiger partial charge in [0, 0.05) is 30.1 Å². The zero-order valence-corrected chi connectivity index (χ0v) is 13.1. The molecule has 0 spiro atoms. The average molecular weight is 301 g/mol. The number of hydrogen-bond acceptors (Lipinski definition) is 4. The Hall–Kier alpha value is -2.63. The topological polar surface area (TPSA) is 84.1 Å². The van der Waals surface area contributed by atoms with E-state index < -0.39 is 0 Å². The van der Waals surface area contributed by atoms with Crippen molar-refractivity contribution in [1.29, 1.82) is 0 Å². The van der Waals surface area contributed by atoms with Gasteiger partial charge in [0.15, 0.2) is 5.78 Å². The van der Waals surface area contributed by atoms with Gasteiger partial charge in [-0.25, -0.2) is 4.98 Å². The number of ether oxygens (including phenoxy) is 1. The predicted molar refractivity (Wildman–Crippen MR) is 82.2 cm³/mol. The molecule has 0 radical (unpaired) electrons. The molecule has 0 bridgehead atoms. The Labute approximate surface area is 128 Å².